The second-order valence-corrected chi connectivity index (χ2v) is 5.25. The first kappa shape index (κ1) is 17.0. The number of nitrogens with one attached hydrogen (secondary N) is 1. The van der Waals surface area contributed by atoms with Crippen LogP contribution in [0.3, 0.4) is 0 Å². The predicted molar refractivity (Wildman–Crippen MR) is 84.8 cm³/mol. The first-order valence-corrected chi connectivity index (χ1v) is 7.36. The lowest BCUT2D eigenvalue weighted by molar-refractivity contribution is -0.124. The summed E-state index contributed by atoms with van der Waals surface area (Å²) in [5.74, 6) is -1.31. The summed E-state index contributed by atoms with van der Waals surface area (Å²) < 4.78 is 17.7. The van der Waals surface area contributed by atoms with Gasteiger partial charge in [0.1, 0.15) is 5.82 Å². The van der Waals surface area contributed by atoms with Crippen LogP contribution in [0.25, 0.3) is 0 Å². The number of carbonyl (C=O) groups is 2. The van der Waals surface area contributed by atoms with Gasteiger partial charge in [0, 0.05) is 11.6 Å². The molecule has 0 saturated heterocycles. The molecule has 4 nitrogen and oxygen atoms in total. The Hall–Kier alpha value is -2.40. The number of halogens is 2. The number of amides is 1. The summed E-state index contributed by atoms with van der Waals surface area (Å²) in [4.78, 5) is 23.3. The van der Waals surface area contributed by atoms with Crippen LogP contribution < -0.4 is 5.32 Å². The van der Waals surface area contributed by atoms with Gasteiger partial charge >= 0.3 is 5.97 Å². The van der Waals surface area contributed by atoms with E-state index in [0.29, 0.717) is 18.0 Å². The summed E-state index contributed by atoms with van der Waals surface area (Å²) in [6.07, 6.45) is 0.564. The molecule has 1 amide bonds. The molecule has 0 heterocycles. The van der Waals surface area contributed by atoms with Crippen molar-refractivity contribution < 1.29 is 18.7 Å². The Balaban J connectivity index is 1.70. The van der Waals surface area contributed by atoms with Gasteiger partial charge in [-0.05, 0) is 42.3 Å². The maximum absolute atomic E-state index is 12.8. The van der Waals surface area contributed by atoms with E-state index >= 15 is 0 Å². The normalized spacial score (nSPS) is 10.2. The first-order chi connectivity index (χ1) is 11.0. The fraction of sp³-hybridized carbons (Fsp3) is 0.176. The number of carbonyl (C=O) groups excluding carboxylic acids is 2. The predicted octanol–water partition coefficient (Wildman–Crippen LogP) is 2.99. The van der Waals surface area contributed by atoms with E-state index in [0.717, 1.165) is 5.56 Å². The molecule has 2 aromatic carbocycles. The van der Waals surface area contributed by atoms with Gasteiger partial charge in [0.15, 0.2) is 6.61 Å². The lowest BCUT2D eigenvalue weighted by Crippen LogP contribution is -2.30. The summed E-state index contributed by atoms with van der Waals surface area (Å²) in [5, 5.41) is 3.05. The zero-order chi connectivity index (χ0) is 16.7. The van der Waals surface area contributed by atoms with Crippen molar-refractivity contribution in [3.63, 3.8) is 0 Å². The standard InChI is InChI=1S/C17H15ClFNO3/c18-14-3-1-2-13(10-14)17(22)23-11-16(21)20-9-8-12-4-6-15(19)7-5-12/h1-7,10H,8-9,11H2,(H,20,21). The SMILES string of the molecule is O=C(COC(=O)c1cccc(Cl)c1)NCCc1ccc(F)cc1. The molecule has 6 heteroatoms. The molecule has 1 N–H and O–H groups in total. The smallest absolute Gasteiger partial charge is 0.338 e. The number of hydrogen-bond acceptors (Lipinski definition) is 3. The van der Waals surface area contributed by atoms with Crippen LogP contribution in [0.4, 0.5) is 4.39 Å². The monoisotopic (exact) mass is 335 g/mol. The Morgan fingerprint density at radius 2 is 1.87 bits per heavy atom. The summed E-state index contributed by atoms with van der Waals surface area (Å²) in [5.41, 5.74) is 1.19. The third kappa shape index (κ3) is 5.71. The van der Waals surface area contributed by atoms with Crippen LogP contribution in [0.2, 0.25) is 5.02 Å². The van der Waals surface area contributed by atoms with E-state index in [1.54, 1.807) is 30.3 Å². The van der Waals surface area contributed by atoms with Gasteiger partial charge in [-0.1, -0.05) is 29.8 Å². The highest BCUT2D eigenvalue weighted by molar-refractivity contribution is 6.30. The minimum absolute atomic E-state index is 0.289. The van der Waals surface area contributed by atoms with Crippen molar-refractivity contribution >= 4 is 23.5 Å². The van der Waals surface area contributed by atoms with Gasteiger partial charge in [0.2, 0.25) is 0 Å². The minimum Gasteiger partial charge on any atom is -0.452 e. The summed E-state index contributed by atoms with van der Waals surface area (Å²) in [6, 6.07) is 12.3. The van der Waals surface area contributed by atoms with Crippen LogP contribution in [0.5, 0.6) is 0 Å². The number of hydrogen-bond donors (Lipinski definition) is 1. The molecule has 0 aromatic heterocycles. The molecule has 2 rings (SSSR count). The maximum Gasteiger partial charge on any atom is 0.338 e. The Labute approximate surface area is 138 Å². The molecule has 0 aliphatic carbocycles. The van der Waals surface area contributed by atoms with Gasteiger partial charge in [0.25, 0.3) is 5.91 Å². The lowest BCUT2D eigenvalue weighted by Gasteiger charge is -2.07. The van der Waals surface area contributed by atoms with Gasteiger partial charge in [-0.15, -0.1) is 0 Å². The summed E-state index contributed by atoms with van der Waals surface area (Å²) in [6.45, 7) is 0.00788. The maximum atomic E-state index is 12.8. The molecule has 120 valence electrons. The number of ether oxygens (including phenoxy) is 1. The van der Waals surface area contributed by atoms with Crippen molar-refractivity contribution in [1.29, 1.82) is 0 Å². The zero-order valence-electron chi connectivity index (χ0n) is 12.2. The molecule has 0 fully saturated rings. The van der Waals surface area contributed by atoms with Gasteiger partial charge < -0.3 is 10.1 Å². The quantitative estimate of drug-likeness (QED) is 0.826. The van der Waals surface area contributed by atoms with E-state index in [4.69, 9.17) is 16.3 Å². The van der Waals surface area contributed by atoms with Crippen molar-refractivity contribution in [2.24, 2.45) is 0 Å². The molecular formula is C17H15ClFNO3. The molecule has 0 aliphatic heterocycles. The Morgan fingerprint density at radius 1 is 1.13 bits per heavy atom. The van der Waals surface area contributed by atoms with Gasteiger partial charge in [-0.3, -0.25) is 4.79 Å². The molecule has 2 aromatic rings. The summed E-state index contributed by atoms with van der Waals surface area (Å²) in [7, 11) is 0. The van der Waals surface area contributed by atoms with E-state index in [1.807, 2.05) is 0 Å². The van der Waals surface area contributed by atoms with Crippen molar-refractivity contribution in [2.45, 2.75) is 6.42 Å². The molecule has 0 atom stereocenters. The Bertz CT molecular complexity index is 688. The van der Waals surface area contributed by atoms with Crippen LogP contribution in [-0.4, -0.2) is 25.0 Å². The summed E-state index contributed by atoms with van der Waals surface area (Å²) >= 11 is 5.78. The second kappa shape index (κ2) is 8.29. The van der Waals surface area contributed by atoms with Gasteiger partial charge in [-0.2, -0.15) is 0 Å². The minimum atomic E-state index is -0.610. The molecule has 0 radical (unpaired) electrons. The van der Waals surface area contributed by atoms with Gasteiger partial charge in [-0.25, -0.2) is 9.18 Å². The van der Waals surface area contributed by atoms with Gasteiger partial charge in [0.05, 0.1) is 5.56 Å². The average molecular weight is 336 g/mol. The first-order valence-electron chi connectivity index (χ1n) is 6.98. The zero-order valence-corrected chi connectivity index (χ0v) is 13.0. The molecule has 0 unspecified atom stereocenters. The molecule has 23 heavy (non-hydrogen) atoms. The van der Waals surface area contributed by atoms with Crippen molar-refractivity contribution in [2.75, 3.05) is 13.2 Å². The second-order valence-electron chi connectivity index (χ2n) is 4.81. The van der Waals surface area contributed by atoms with Crippen LogP contribution in [0.1, 0.15) is 15.9 Å². The highest BCUT2D eigenvalue weighted by atomic mass is 35.5. The molecule has 0 bridgehead atoms. The fourth-order valence-corrected chi connectivity index (χ4v) is 2.07. The molecular weight excluding hydrogens is 321 g/mol. The number of rotatable bonds is 6. The lowest BCUT2D eigenvalue weighted by atomic mass is 10.1. The van der Waals surface area contributed by atoms with E-state index < -0.39 is 11.9 Å². The molecule has 0 saturated carbocycles. The van der Waals surface area contributed by atoms with Crippen molar-refractivity contribution in [3.05, 3.63) is 70.5 Å². The van der Waals surface area contributed by atoms with Crippen molar-refractivity contribution in [3.8, 4) is 0 Å². The van der Waals surface area contributed by atoms with Crippen LogP contribution in [0, 0.1) is 5.82 Å². The largest absolute Gasteiger partial charge is 0.452 e. The Kier molecular flexibility index (Phi) is 6.11. The van der Waals surface area contributed by atoms with Crippen molar-refractivity contribution in [1.82, 2.24) is 5.32 Å². The van der Waals surface area contributed by atoms with Crippen LogP contribution in [0.15, 0.2) is 48.5 Å². The van der Waals surface area contributed by atoms with E-state index in [-0.39, 0.29) is 18.0 Å². The van der Waals surface area contributed by atoms with E-state index in [9.17, 15) is 14.0 Å². The third-order valence-corrected chi connectivity index (χ3v) is 3.28. The van der Waals surface area contributed by atoms with E-state index in [2.05, 4.69) is 5.32 Å². The number of benzene rings is 2. The average Bonchev–Trinajstić information content (AvgIpc) is 2.54. The molecule has 0 aliphatic rings. The fourth-order valence-electron chi connectivity index (χ4n) is 1.88. The topological polar surface area (TPSA) is 55.4 Å². The van der Waals surface area contributed by atoms with Crippen LogP contribution >= 0.6 is 11.6 Å². The highest BCUT2D eigenvalue weighted by Crippen LogP contribution is 2.11. The number of esters is 1. The van der Waals surface area contributed by atoms with Crippen LogP contribution in [-0.2, 0) is 16.0 Å². The van der Waals surface area contributed by atoms with E-state index in [1.165, 1.54) is 18.2 Å². The third-order valence-electron chi connectivity index (χ3n) is 3.04. The molecule has 0 spiro atoms. The highest BCUT2D eigenvalue weighted by Gasteiger charge is 2.10. The Morgan fingerprint density at radius 3 is 2.57 bits per heavy atom.